The number of nitrogens with zero attached hydrogens (tertiary/aromatic N) is 1. The molecule has 0 aliphatic carbocycles. The summed E-state index contributed by atoms with van der Waals surface area (Å²) in [6, 6.07) is 8.78. The van der Waals surface area contributed by atoms with E-state index in [1.807, 2.05) is 0 Å². The van der Waals surface area contributed by atoms with Crippen LogP contribution in [0.4, 0.5) is 5.69 Å². The summed E-state index contributed by atoms with van der Waals surface area (Å²) in [6.07, 6.45) is 2.44. The van der Waals surface area contributed by atoms with Crippen molar-refractivity contribution in [3.8, 4) is 0 Å². The Morgan fingerprint density at radius 1 is 1.07 bits per heavy atom. The van der Waals surface area contributed by atoms with Gasteiger partial charge in [0.05, 0.1) is 0 Å². The van der Waals surface area contributed by atoms with E-state index < -0.39 is 0 Å². The first-order valence-corrected chi connectivity index (χ1v) is 6.16. The zero-order valence-corrected chi connectivity index (χ0v) is 10.3. The second-order valence-corrected chi connectivity index (χ2v) is 3.97. The average molecular weight is 197 g/mol. The van der Waals surface area contributed by atoms with Gasteiger partial charge in [-0.15, -0.1) is 0 Å². The zero-order chi connectivity index (χ0) is 11.1. The summed E-state index contributed by atoms with van der Waals surface area (Å²) < 4.78 is 0. The quantitative estimate of drug-likeness (QED) is 0.634. The number of hydrogen-bond donors (Lipinski definition) is 0. The van der Waals surface area contributed by atoms with Gasteiger partial charge in [-0.05, 0) is 0 Å². The molecule has 15 heavy (non-hydrogen) atoms. The fourth-order valence-electron chi connectivity index (χ4n) is 2.01. The summed E-state index contributed by atoms with van der Waals surface area (Å²) in [4.78, 5) is 2.51. The van der Waals surface area contributed by atoms with Gasteiger partial charge in [0.25, 0.3) is 0 Å². The van der Waals surface area contributed by atoms with Crippen LogP contribution in [-0.2, 0) is 5.09 Å². The van der Waals surface area contributed by atoms with Gasteiger partial charge in [-0.2, -0.15) is 0 Å². The van der Waals surface area contributed by atoms with Gasteiger partial charge in [-0.3, -0.25) is 0 Å². The van der Waals surface area contributed by atoms with Gasteiger partial charge in [0.2, 0.25) is 0 Å². The topological polar surface area (TPSA) is 3.24 Å². The van der Waals surface area contributed by atoms with E-state index in [1.165, 1.54) is 37.2 Å². The molecule has 0 unspecified atom stereocenters. The van der Waals surface area contributed by atoms with E-state index >= 15 is 0 Å². The summed E-state index contributed by atoms with van der Waals surface area (Å²) in [5.41, 5.74) is 2.91. The van der Waals surface area contributed by atoms with E-state index in [4.69, 9.17) is 0 Å². The van der Waals surface area contributed by atoms with Gasteiger partial charge in [-0.25, -0.2) is 0 Å². The molecule has 0 fully saturated rings. The third-order valence-corrected chi connectivity index (χ3v) is 2.70. The van der Waals surface area contributed by atoms with Crippen molar-refractivity contribution in [2.24, 2.45) is 0 Å². The van der Waals surface area contributed by atoms with Crippen LogP contribution in [0.2, 0.25) is 0 Å². The van der Waals surface area contributed by atoms with Gasteiger partial charge in [0.15, 0.2) is 0 Å². The van der Waals surface area contributed by atoms with E-state index in [2.05, 4.69) is 60.7 Å². The van der Waals surface area contributed by atoms with Crippen LogP contribution < -0.4 is 4.90 Å². The Balaban J connectivity index is 2.88. The molecule has 0 radical (unpaired) electrons. The van der Waals surface area contributed by atoms with Crippen molar-refractivity contribution in [2.75, 3.05) is 18.0 Å². The minimum absolute atomic E-state index is 1.13. The van der Waals surface area contributed by atoms with E-state index in [-0.39, 0.29) is 0 Å². The number of anilines is 1. The molecule has 0 atom stereocenters. The summed E-state index contributed by atoms with van der Waals surface area (Å²) in [5, 5.41) is 1.13. The van der Waals surface area contributed by atoms with Crippen molar-refractivity contribution < 1.29 is 0 Å². The molecule has 0 aromatic heterocycles. The molecule has 0 aliphatic heterocycles. The maximum atomic E-state index is 2.51. The van der Waals surface area contributed by atoms with E-state index in [0.29, 0.717) is 0 Å². The Bertz CT molecular complexity index is 280. The van der Waals surface area contributed by atoms with Crippen LogP contribution in [0, 0.1) is 0 Å². The summed E-state index contributed by atoms with van der Waals surface area (Å²) in [5.74, 6) is 0. The van der Waals surface area contributed by atoms with Gasteiger partial charge in [0.1, 0.15) is 0 Å². The molecule has 0 heterocycles. The first-order chi connectivity index (χ1) is 7.33. The van der Waals surface area contributed by atoms with Crippen LogP contribution in [0.3, 0.4) is 0 Å². The maximum absolute atomic E-state index is 2.51. The molecule has 0 aliphatic rings. The van der Waals surface area contributed by atoms with Crippen molar-refractivity contribution >= 4 is 23.4 Å². The average Bonchev–Trinajstić information content (AvgIpc) is 2.29. The molecule has 1 aromatic rings. The third kappa shape index (κ3) is 3.59. The molecule has 1 nitrogen and oxygen atoms in total. The molecule has 0 saturated carbocycles. The minimum atomic E-state index is 1.13. The summed E-state index contributed by atoms with van der Waals surface area (Å²) in [7, 11) is 0. The molecule has 1 rings (SSSR count). The molecular weight excluding hydrogens is 177 g/mol. The van der Waals surface area contributed by atoms with Crippen molar-refractivity contribution in [3.05, 3.63) is 29.8 Å². The van der Waals surface area contributed by atoms with E-state index in [0.717, 1.165) is 5.09 Å². The molecule has 1 aromatic carbocycles. The Kier molecular flexibility index (Phi) is 5.91. The zero-order valence-electron chi connectivity index (χ0n) is 10.3. The molecule has 0 bridgehead atoms. The van der Waals surface area contributed by atoms with Crippen LogP contribution >= 0.6 is 0 Å². The second-order valence-electron chi connectivity index (χ2n) is 3.97. The fraction of sp³-hybridized carbons (Fsp3) is 0.538. The monoisotopic (exact) mass is 197 g/mol. The predicted octanol–water partition coefficient (Wildman–Crippen LogP) is 2.98. The van der Waals surface area contributed by atoms with Crippen LogP contribution in [0.5, 0.6) is 0 Å². The molecule has 78 valence electrons. The fourth-order valence-corrected chi connectivity index (χ4v) is 2.01. The number of rotatable bonds is 6. The Morgan fingerprint density at radius 2 is 1.67 bits per heavy atom. The van der Waals surface area contributed by atoms with Crippen molar-refractivity contribution in [2.45, 2.75) is 31.8 Å². The van der Waals surface area contributed by atoms with Gasteiger partial charge in [0, 0.05) is 0 Å². The first-order valence-electron chi connectivity index (χ1n) is 6.16. The molecular formula is C13H20LiN. The number of para-hydroxylation sites is 1. The van der Waals surface area contributed by atoms with Gasteiger partial charge < -0.3 is 0 Å². The van der Waals surface area contributed by atoms with Crippen LogP contribution in [0.25, 0.3) is 0 Å². The number of benzene rings is 1. The number of hydrogen-bond acceptors (Lipinski definition) is 1. The Labute approximate surface area is 103 Å². The summed E-state index contributed by atoms with van der Waals surface area (Å²) in [6.45, 7) is 6.84. The Morgan fingerprint density at radius 3 is 2.20 bits per heavy atom. The van der Waals surface area contributed by atoms with Crippen molar-refractivity contribution in [1.29, 1.82) is 0 Å². The van der Waals surface area contributed by atoms with E-state index in [1.54, 1.807) is 0 Å². The van der Waals surface area contributed by atoms with Gasteiger partial charge in [-0.1, -0.05) is 0 Å². The van der Waals surface area contributed by atoms with Crippen molar-refractivity contribution in [3.63, 3.8) is 0 Å². The normalized spacial score (nSPS) is 10.4. The standard InChI is InChI=1S/C13H20N.Li/c1-4-10-14(11-5-2)13-9-7-6-8-12(13)3;/h6-9H,3-5,10-11H2,1-2H3;. The summed E-state index contributed by atoms with van der Waals surface area (Å²) >= 11 is 2.23. The molecule has 0 saturated heterocycles. The van der Waals surface area contributed by atoms with Gasteiger partial charge >= 0.3 is 103 Å². The molecule has 0 amide bonds. The molecule has 0 spiro atoms. The van der Waals surface area contributed by atoms with Crippen LogP contribution in [0.1, 0.15) is 32.3 Å². The predicted molar refractivity (Wildman–Crippen MR) is 68.7 cm³/mol. The first kappa shape index (κ1) is 12.7. The van der Waals surface area contributed by atoms with Crippen molar-refractivity contribution in [1.82, 2.24) is 0 Å². The third-order valence-electron chi connectivity index (χ3n) is 2.70. The van der Waals surface area contributed by atoms with E-state index in [9.17, 15) is 0 Å². The molecule has 2 heteroatoms. The second kappa shape index (κ2) is 6.98. The van der Waals surface area contributed by atoms with Crippen LogP contribution in [0.15, 0.2) is 24.3 Å². The van der Waals surface area contributed by atoms with Crippen LogP contribution in [-0.4, -0.2) is 30.8 Å². The Hall–Kier alpha value is -0.383. The molecule has 0 N–H and O–H groups in total. The SMILES string of the molecule is [Li][CH2]c1ccccc1N(CCC)CCC.